The van der Waals surface area contributed by atoms with Gasteiger partial charge in [0.25, 0.3) is 0 Å². The molecule has 0 aliphatic carbocycles. The summed E-state index contributed by atoms with van der Waals surface area (Å²) in [6.07, 6.45) is 0. The number of anilines is 2. The first kappa shape index (κ1) is 12.4. The number of nitriles is 1. The Morgan fingerprint density at radius 2 is 2.06 bits per heavy atom. The fourth-order valence-electron chi connectivity index (χ4n) is 1.63. The summed E-state index contributed by atoms with van der Waals surface area (Å²) >= 11 is 1.35. The predicted molar refractivity (Wildman–Crippen MR) is 74.9 cm³/mol. The Hall–Kier alpha value is -2.06. The Kier molecular flexibility index (Phi) is 3.80. The van der Waals surface area contributed by atoms with Crippen LogP contribution in [0.3, 0.4) is 0 Å². The third-order valence-corrected chi connectivity index (χ3v) is 3.57. The molecule has 1 unspecified atom stereocenters. The number of thiazole rings is 1. The van der Waals surface area contributed by atoms with Gasteiger partial charge >= 0.3 is 0 Å². The van der Waals surface area contributed by atoms with E-state index in [9.17, 15) is 0 Å². The van der Waals surface area contributed by atoms with Gasteiger partial charge < -0.3 is 10.6 Å². The highest BCUT2D eigenvalue weighted by atomic mass is 32.1. The number of hydrogen-bond donors (Lipinski definition) is 2. The number of rotatable bonds is 4. The summed E-state index contributed by atoms with van der Waals surface area (Å²) in [5.41, 5.74) is 1.17. The zero-order valence-electron chi connectivity index (χ0n) is 10.3. The van der Waals surface area contributed by atoms with Gasteiger partial charge in [0.15, 0.2) is 15.8 Å². The lowest BCUT2D eigenvalue weighted by atomic mass is 10.1. The SMILES string of the molecule is CNc1nc(NC(C)c2ccccc2)c(C#N)s1. The molecule has 5 heteroatoms. The molecule has 0 spiro atoms. The molecule has 92 valence electrons. The second-order valence-electron chi connectivity index (χ2n) is 3.84. The Labute approximate surface area is 110 Å². The van der Waals surface area contributed by atoms with Gasteiger partial charge in [-0.15, -0.1) is 0 Å². The van der Waals surface area contributed by atoms with Gasteiger partial charge in [0, 0.05) is 7.05 Å². The van der Waals surface area contributed by atoms with Crippen LogP contribution < -0.4 is 10.6 Å². The minimum absolute atomic E-state index is 0.116. The van der Waals surface area contributed by atoms with Crippen LogP contribution in [0, 0.1) is 11.3 Å². The molecule has 1 aromatic heterocycles. The fraction of sp³-hybridized carbons (Fsp3) is 0.231. The van der Waals surface area contributed by atoms with Crippen molar-refractivity contribution in [3.63, 3.8) is 0 Å². The summed E-state index contributed by atoms with van der Waals surface area (Å²) < 4.78 is 0. The average molecular weight is 258 g/mol. The maximum absolute atomic E-state index is 9.06. The molecule has 2 rings (SSSR count). The first-order valence-electron chi connectivity index (χ1n) is 5.64. The monoisotopic (exact) mass is 258 g/mol. The Morgan fingerprint density at radius 3 is 2.67 bits per heavy atom. The van der Waals surface area contributed by atoms with Crippen LogP contribution in [-0.4, -0.2) is 12.0 Å². The van der Waals surface area contributed by atoms with E-state index in [1.54, 1.807) is 7.05 Å². The first-order chi connectivity index (χ1) is 8.74. The van der Waals surface area contributed by atoms with Crippen molar-refractivity contribution in [3.05, 3.63) is 40.8 Å². The van der Waals surface area contributed by atoms with Crippen LogP contribution in [0.15, 0.2) is 30.3 Å². The molecule has 1 heterocycles. The highest BCUT2D eigenvalue weighted by Gasteiger charge is 2.13. The highest BCUT2D eigenvalue weighted by molar-refractivity contribution is 7.16. The molecule has 18 heavy (non-hydrogen) atoms. The third-order valence-electron chi connectivity index (χ3n) is 2.60. The third kappa shape index (κ3) is 2.60. The quantitative estimate of drug-likeness (QED) is 0.884. The van der Waals surface area contributed by atoms with E-state index in [1.165, 1.54) is 16.9 Å². The molecule has 0 fully saturated rings. The Morgan fingerprint density at radius 1 is 1.33 bits per heavy atom. The van der Waals surface area contributed by atoms with E-state index < -0.39 is 0 Å². The van der Waals surface area contributed by atoms with Crippen molar-refractivity contribution in [1.82, 2.24) is 4.98 Å². The number of nitrogens with one attached hydrogen (secondary N) is 2. The summed E-state index contributed by atoms with van der Waals surface area (Å²) in [5, 5.41) is 16.0. The molecular formula is C13H14N4S. The molecule has 2 N–H and O–H groups in total. The molecule has 0 saturated carbocycles. The zero-order chi connectivity index (χ0) is 13.0. The van der Waals surface area contributed by atoms with Crippen molar-refractivity contribution < 1.29 is 0 Å². The lowest BCUT2D eigenvalue weighted by molar-refractivity contribution is 0.877. The summed E-state index contributed by atoms with van der Waals surface area (Å²) in [5.74, 6) is 0.642. The molecule has 0 radical (unpaired) electrons. The first-order valence-corrected chi connectivity index (χ1v) is 6.46. The zero-order valence-corrected chi connectivity index (χ0v) is 11.1. The molecule has 0 amide bonds. The molecule has 1 atom stereocenters. The minimum Gasteiger partial charge on any atom is -0.364 e. The van der Waals surface area contributed by atoms with Crippen LogP contribution in [0.1, 0.15) is 23.4 Å². The van der Waals surface area contributed by atoms with E-state index in [0.29, 0.717) is 10.7 Å². The van der Waals surface area contributed by atoms with Gasteiger partial charge in [-0.05, 0) is 12.5 Å². The standard InChI is InChI=1S/C13H14N4S/c1-9(10-6-4-3-5-7-10)16-12-11(8-14)18-13(15-2)17-12/h3-7,9,16H,1-2H3,(H,15,17). The van der Waals surface area contributed by atoms with E-state index in [1.807, 2.05) is 18.2 Å². The van der Waals surface area contributed by atoms with E-state index in [4.69, 9.17) is 5.26 Å². The van der Waals surface area contributed by atoms with Gasteiger partial charge in [0.05, 0.1) is 6.04 Å². The van der Waals surface area contributed by atoms with Crippen LogP contribution >= 0.6 is 11.3 Å². The van der Waals surface area contributed by atoms with Crippen LogP contribution in [0.4, 0.5) is 10.9 Å². The van der Waals surface area contributed by atoms with Crippen molar-refractivity contribution in [2.24, 2.45) is 0 Å². The summed E-state index contributed by atoms with van der Waals surface area (Å²) in [6.45, 7) is 2.05. The van der Waals surface area contributed by atoms with Crippen LogP contribution in [0.5, 0.6) is 0 Å². The smallest absolute Gasteiger partial charge is 0.185 e. The van der Waals surface area contributed by atoms with Gasteiger partial charge in [-0.3, -0.25) is 0 Å². The van der Waals surface area contributed by atoms with Gasteiger partial charge in [0.1, 0.15) is 6.07 Å². The fourth-order valence-corrected chi connectivity index (χ4v) is 2.31. The Bertz CT molecular complexity index is 556. The average Bonchev–Trinajstić information content (AvgIpc) is 2.82. The topological polar surface area (TPSA) is 60.7 Å². The number of nitrogens with zero attached hydrogens (tertiary/aromatic N) is 2. The second kappa shape index (κ2) is 5.52. The number of hydrogen-bond acceptors (Lipinski definition) is 5. The number of aromatic nitrogens is 1. The van der Waals surface area contributed by atoms with Crippen LogP contribution in [0.25, 0.3) is 0 Å². The van der Waals surface area contributed by atoms with Gasteiger partial charge in [0.2, 0.25) is 0 Å². The van der Waals surface area contributed by atoms with Gasteiger partial charge in [-0.25, -0.2) is 4.98 Å². The van der Waals surface area contributed by atoms with Crippen LogP contribution in [0.2, 0.25) is 0 Å². The van der Waals surface area contributed by atoms with E-state index >= 15 is 0 Å². The summed E-state index contributed by atoms with van der Waals surface area (Å²) in [4.78, 5) is 4.94. The van der Waals surface area contributed by atoms with E-state index in [-0.39, 0.29) is 6.04 Å². The Balaban J connectivity index is 2.19. The molecule has 0 saturated heterocycles. The maximum atomic E-state index is 9.06. The lowest BCUT2D eigenvalue weighted by Crippen LogP contribution is -2.07. The van der Waals surface area contributed by atoms with Crippen LogP contribution in [-0.2, 0) is 0 Å². The molecule has 0 aliphatic rings. The second-order valence-corrected chi connectivity index (χ2v) is 4.83. The van der Waals surface area contributed by atoms with Crippen molar-refractivity contribution >= 4 is 22.3 Å². The largest absolute Gasteiger partial charge is 0.364 e. The van der Waals surface area contributed by atoms with Gasteiger partial charge in [-0.1, -0.05) is 41.7 Å². The van der Waals surface area contributed by atoms with E-state index in [2.05, 4.69) is 40.7 Å². The summed E-state index contributed by atoms with van der Waals surface area (Å²) in [6, 6.07) is 12.4. The maximum Gasteiger partial charge on any atom is 0.185 e. The molecule has 2 aromatic rings. The molecular weight excluding hydrogens is 244 g/mol. The van der Waals surface area contributed by atoms with Crippen molar-refractivity contribution in [2.75, 3.05) is 17.7 Å². The molecule has 0 aliphatic heterocycles. The highest BCUT2D eigenvalue weighted by Crippen LogP contribution is 2.28. The van der Waals surface area contributed by atoms with Crippen molar-refractivity contribution in [2.45, 2.75) is 13.0 Å². The predicted octanol–water partition coefficient (Wildman–Crippen LogP) is 3.23. The number of benzene rings is 1. The molecule has 1 aromatic carbocycles. The molecule has 4 nitrogen and oxygen atoms in total. The van der Waals surface area contributed by atoms with E-state index in [0.717, 1.165) is 5.13 Å². The normalized spacial score (nSPS) is 11.6. The minimum atomic E-state index is 0.116. The van der Waals surface area contributed by atoms with Crippen molar-refractivity contribution in [3.8, 4) is 6.07 Å². The summed E-state index contributed by atoms with van der Waals surface area (Å²) in [7, 11) is 1.80. The molecule has 0 bridgehead atoms. The van der Waals surface area contributed by atoms with Crippen molar-refractivity contribution in [1.29, 1.82) is 5.26 Å². The lowest BCUT2D eigenvalue weighted by Gasteiger charge is -2.13. The van der Waals surface area contributed by atoms with Gasteiger partial charge in [-0.2, -0.15) is 5.26 Å².